The number of carbonyl (C=O) groups excluding carboxylic acids is 1. The van der Waals surface area contributed by atoms with Crippen LogP contribution in [0.15, 0.2) is 65.8 Å². The molecule has 0 aromatic heterocycles. The van der Waals surface area contributed by atoms with E-state index in [4.69, 9.17) is 51.1 Å². The minimum atomic E-state index is -0.350. The van der Waals surface area contributed by atoms with Crippen molar-refractivity contribution in [2.45, 2.75) is 6.61 Å². The van der Waals surface area contributed by atoms with Crippen LogP contribution in [-0.4, -0.2) is 12.1 Å². The summed E-state index contributed by atoms with van der Waals surface area (Å²) in [5.41, 5.74) is 4.50. The molecule has 0 saturated carbocycles. The molecular formula is C21H14Cl4N2O2. The van der Waals surface area contributed by atoms with E-state index in [1.807, 2.05) is 6.07 Å². The summed E-state index contributed by atoms with van der Waals surface area (Å²) in [5, 5.41) is 5.76. The molecule has 0 bridgehead atoms. The van der Waals surface area contributed by atoms with Crippen molar-refractivity contribution in [2.75, 3.05) is 0 Å². The quantitative estimate of drug-likeness (QED) is 0.326. The number of nitrogens with zero attached hydrogens (tertiary/aromatic N) is 1. The first kappa shape index (κ1) is 21.5. The van der Waals surface area contributed by atoms with E-state index >= 15 is 0 Å². The zero-order valence-electron chi connectivity index (χ0n) is 14.8. The molecule has 0 unspecified atom stereocenters. The largest absolute Gasteiger partial charge is 0.489 e. The molecule has 0 radical (unpaired) electrons. The summed E-state index contributed by atoms with van der Waals surface area (Å²) in [7, 11) is 0. The van der Waals surface area contributed by atoms with Gasteiger partial charge in [0.15, 0.2) is 0 Å². The molecular weight excluding hydrogens is 454 g/mol. The number of rotatable bonds is 6. The van der Waals surface area contributed by atoms with Crippen molar-refractivity contribution in [1.82, 2.24) is 5.43 Å². The van der Waals surface area contributed by atoms with Gasteiger partial charge in [-0.05, 0) is 59.7 Å². The highest BCUT2D eigenvalue weighted by atomic mass is 35.5. The van der Waals surface area contributed by atoms with Crippen LogP contribution < -0.4 is 10.2 Å². The predicted molar refractivity (Wildman–Crippen MR) is 119 cm³/mol. The summed E-state index contributed by atoms with van der Waals surface area (Å²) < 4.78 is 5.70. The normalized spacial score (nSPS) is 10.9. The van der Waals surface area contributed by atoms with Gasteiger partial charge in [0.1, 0.15) is 12.4 Å². The van der Waals surface area contributed by atoms with E-state index < -0.39 is 0 Å². The van der Waals surface area contributed by atoms with Gasteiger partial charge in [-0.15, -0.1) is 0 Å². The van der Waals surface area contributed by atoms with E-state index in [2.05, 4.69) is 10.5 Å². The number of halogens is 4. The van der Waals surface area contributed by atoms with E-state index in [0.717, 1.165) is 5.56 Å². The number of benzene rings is 3. The molecule has 1 amide bonds. The van der Waals surface area contributed by atoms with Crippen molar-refractivity contribution in [3.63, 3.8) is 0 Å². The maximum Gasteiger partial charge on any atom is 0.271 e. The lowest BCUT2D eigenvalue weighted by Gasteiger charge is -2.08. The van der Waals surface area contributed by atoms with Gasteiger partial charge in [-0.2, -0.15) is 5.10 Å². The summed E-state index contributed by atoms with van der Waals surface area (Å²) in [6.07, 6.45) is 1.48. The van der Waals surface area contributed by atoms with Crippen LogP contribution >= 0.6 is 46.4 Å². The molecule has 0 saturated heterocycles. The highest BCUT2D eigenvalue weighted by molar-refractivity contribution is 6.42. The van der Waals surface area contributed by atoms with Crippen LogP contribution in [0.3, 0.4) is 0 Å². The van der Waals surface area contributed by atoms with Gasteiger partial charge in [0.25, 0.3) is 5.91 Å². The van der Waals surface area contributed by atoms with E-state index in [-0.39, 0.29) is 5.91 Å². The molecule has 4 nitrogen and oxygen atoms in total. The van der Waals surface area contributed by atoms with Crippen LogP contribution in [0.1, 0.15) is 21.5 Å². The van der Waals surface area contributed by atoms with Crippen LogP contribution in [-0.2, 0) is 6.61 Å². The molecule has 0 fully saturated rings. The molecule has 0 aliphatic heterocycles. The molecule has 0 aliphatic carbocycles. The summed E-state index contributed by atoms with van der Waals surface area (Å²) in [6, 6.07) is 17.0. The van der Waals surface area contributed by atoms with Gasteiger partial charge >= 0.3 is 0 Å². The summed E-state index contributed by atoms with van der Waals surface area (Å²) in [5.74, 6) is 0.268. The molecule has 3 aromatic rings. The van der Waals surface area contributed by atoms with Gasteiger partial charge in [-0.25, -0.2) is 5.43 Å². The van der Waals surface area contributed by atoms with Crippen molar-refractivity contribution < 1.29 is 9.53 Å². The van der Waals surface area contributed by atoms with Crippen molar-refractivity contribution in [3.8, 4) is 5.75 Å². The van der Waals surface area contributed by atoms with E-state index in [1.165, 1.54) is 6.21 Å². The Bertz CT molecular complexity index is 1050. The van der Waals surface area contributed by atoms with Crippen LogP contribution in [0.2, 0.25) is 20.1 Å². The monoisotopic (exact) mass is 466 g/mol. The Morgan fingerprint density at radius 1 is 0.862 bits per heavy atom. The second-order valence-electron chi connectivity index (χ2n) is 5.93. The third kappa shape index (κ3) is 6.12. The first-order valence-corrected chi connectivity index (χ1v) is 9.89. The fourth-order valence-corrected chi connectivity index (χ4v) is 2.95. The number of ether oxygens (including phenoxy) is 1. The van der Waals surface area contributed by atoms with Crippen LogP contribution in [0, 0.1) is 0 Å². The molecule has 148 valence electrons. The molecule has 0 aliphatic rings. The van der Waals surface area contributed by atoms with Gasteiger partial charge in [0, 0.05) is 5.56 Å². The number of hydrazone groups is 1. The molecule has 1 N–H and O–H groups in total. The van der Waals surface area contributed by atoms with Crippen molar-refractivity contribution >= 4 is 58.5 Å². The zero-order chi connectivity index (χ0) is 20.8. The van der Waals surface area contributed by atoms with Crippen molar-refractivity contribution in [2.24, 2.45) is 5.10 Å². The summed E-state index contributed by atoms with van der Waals surface area (Å²) >= 11 is 23.7. The summed E-state index contributed by atoms with van der Waals surface area (Å²) in [6.45, 7) is 0.330. The fourth-order valence-electron chi connectivity index (χ4n) is 2.32. The topological polar surface area (TPSA) is 50.7 Å². The minimum Gasteiger partial charge on any atom is -0.489 e. The van der Waals surface area contributed by atoms with E-state index in [0.29, 0.717) is 43.6 Å². The third-order valence-corrected chi connectivity index (χ3v) is 5.31. The van der Waals surface area contributed by atoms with Gasteiger partial charge in [0.2, 0.25) is 0 Å². The maximum absolute atomic E-state index is 12.2. The van der Waals surface area contributed by atoms with E-state index in [1.54, 1.807) is 54.6 Å². The number of hydrogen-bond donors (Lipinski definition) is 1. The smallest absolute Gasteiger partial charge is 0.271 e. The molecule has 8 heteroatoms. The highest BCUT2D eigenvalue weighted by Gasteiger charge is 2.06. The third-order valence-electron chi connectivity index (χ3n) is 3.83. The number of hydrogen-bond acceptors (Lipinski definition) is 3. The Balaban J connectivity index is 1.54. The lowest BCUT2D eigenvalue weighted by molar-refractivity contribution is 0.0955. The van der Waals surface area contributed by atoms with Gasteiger partial charge in [-0.1, -0.05) is 58.5 Å². The first-order valence-electron chi connectivity index (χ1n) is 8.37. The second kappa shape index (κ2) is 9.99. The predicted octanol–water partition coefficient (Wildman–Crippen LogP) is 6.64. The molecule has 0 atom stereocenters. The van der Waals surface area contributed by atoms with Gasteiger partial charge < -0.3 is 4.74 Å². The summed E-state index contributed by atoms with van der Waals surface area (Å²) in [4.78, 5) is 12.2. The maximum atomic E-state index is 12.2. The highest BCUT2D eigenvalue weighted by Crippen LogP contribution is 2.24. The molecule has 0 spiro atoms. The Hall–Kier alpha value is -2.24. The van der Waals surface area contributed by atoms with Crippen LogP contribution in [0.25, 0.3) is 0 Å². The Morgan fingerprint density at radius 2 is 1.52 bits per heavy atom. The number of carbonyl (C=O) groups is 1. The Labute approximate surface area is 188 Å². The standard InChI is InChI=1S/C21H14Cl4N2O2/c22-17-7-1-13(9-19(17)24)11-26-27-21(28)15-3-5-16(6-4-15)29-12-14-2-8-18(23)20(25)10-14/h1-11H,12H2,(H,27,28)/b26-11+. The average Bonchev–Trinajstić information content (AvgIpc) is 2.72. The molecule has 29 heavy (non-hydrogen) atoms. The van der Waals surface area contributed by atoms with Gasteiger partial charge in [0.05, 0.1) is 26.3 Å². The molecule has 3 aromatic carbocycles. The average molecular weight is 468 g/mol. The fraction of sp³-hybridized carbons (Fsp3) is 0.0476. The van der Waals surface area contributed by atoms with E-state index in [9.17, 15) is 4.79 Å². The molecule has 0 heterocycles. The number of nitrogens with one attached hydrogen (secondary N) is 1. The molecule has 3 rings (SSSR count). The van der Waals surface area contributed by atoms with Crippen molar-refractivity contribution in [3.05, 3.63) is 97.4 Å². The lowest BCUT2D eigenvalue weighted by atomic mass is 10.2. The van der Waals surface area contributed by atoms with Gasteiger partial charge in [-0.3, -0.25) is 4.79 Å². The lowest BCUT2D eigenvalue weighted by Crippen LogP contribution is -2.17. The SMILES string of the molecule is O=C(N/N=C/c1ccc(Cl)c(Cl)c1)c1ccc(OCc2ccc(Cl)c(Cl)c2)cc1. The van der Waals surface area contributed by atoms with Crippen LogP contribution in [0.4, 0.5) is 0 Å². The van der Waals surface area contributed by atoms with Crippen molar-refractivity contribution in [1.29, 1.82) is 0 Å². The van der Waals surface area contributed by atoms with Crippen LogP contribution in [0.5, 0.6) is 5.75 Å². The zero-order valence-corrected chi connectivity index (χ0v) is 17.9. The number of amides is 1. The Kier molecular flexibility index (Phi) is 7.40. The Morgan fingerprint density at radius 3 is 2.17 bits per heavy atom. The minimum absolute atomic E-state index is 0.330. The first-order chi connectivity index (χ1) is 13.9. The second-order valence-corrected chi connectivity index (χ2v) is 7.56.